The highest BCUT2D eigenvalue weighted by Gasteiger charge is 2.16. The number of allylic oxidation sites excluding steroid dienone is 1. The number of nitrogens with two attached hydrogens (primary N) is 1. The zero-order valence-corrected chi connectivity index (χ0v) is 13.1. The molecule has 0 aliphatic carbocycles. The molecule has 23 heavy (non-hydrogen) atoms. The summed E-state index contributed by atoms with van der Waals surface area (Å²) in [5.74, 6) is -1.30. The van der Waals surface area contributed by atoms with Gasteiger partial charge in [0.25, 0.3) is 0 Å². The zero-order chi connectivity index (χ0) is 17.1. The van der Waals surface area contributed by atoms with Gasteiger partial charge in [-0.2, -0.15) is 0 Å². The molecule has 0 fully saturated rings. The Kier molecular flexibility index (Phi) is 4.69. The largest absolute Gasteiger partial charge is 0.398 e. The number of hydrogen-bond acceptors (Lipinski definition) is 3. The second kappa shape index (κ2) is 6.52. The van der Waals surface area contributed by atoms with E-state index in [0.29, 0.717) is 28.1 Å². The van der Waals surface area contributed by atoms with Crippen LogP contribution >= 0.6 is 0 Å². The lowest BCUT2D eigenvalue weighted by Gasteiger charge is -2.14. The summed E-state index contributed by atoms with van der Waals surface area (Å²) >= 11 is 0. The number of anilines is 2. The number of halogens is 2. The van der Waals surface area contributed by atoms with Crippen molar-refractivity contribution in [1.29, 1.82) is 0 Å². The first-order valence-electron chi connectivity index (χ1n) is 7.02. The average molecular weight is 315 g/mol. The van der Waals surface area contributed by atoms with Crippen LogP contribution in [0, 0.1) is 11.6 Å². The molecule has 0 aromatic heterocycles. The van der Waals surface area contributed by atoms with Crippen LogP contribution in [-0.4, -0.2) is 14.1 Å². The normalized spacial score (nSPS) is 10.3. The Hall–Kier alpha value is -2.82. The van der Waals surface area contributed by atoms with Gasteiger partial charge in [0.1, 0.15) is 5.82 Å². The maximum Gasteiger partial charge on any atom is 0.157 e. The van der Waals surface area contributed by atoms with Crippen LogP contribution in [0.3, 0.4) is 0 Å². The molecule has 0 spiro atoms. The molecule has 0 bridgehead atoms. The van der Waals surface area contributed by atoms with Gasteiger partial charge in [0.15, 0.2) is 5.82 Å². The van der Waals surface area contributed by atoms with Crippen molar-refractivity contribution in [1.82, 2.24) is 5.32 Å². The lowest BCUT2D eigenvalue weighted by Crippen LogP contribution is -2.07. The fraction of sp³-hybridized carbons (Fsp3) is 0.111. The molecule has 0 saturated carbocycles. The average Bonchev–Trinajstić information content (AvgIpc) is 2.54. The number of rotatable bonds is 5. The van der Waals surface area contributed by atoms with E-state index in [2.05, 4.69) is 23.8 Å². The molecule has 0 saturated heterocycles. The van der Waals surface area contributed by atoms with Crippen molar-refractivity contribution in [2.45, 2.75) is 0 Å². The Morgan fingerprint density at radius 3 is 2.35 bits per heavy atom. The van der Waals surface area contributed by atoms with Gasteiger partial charge in [-0.25, -0.2) is 8.78 Å². The van der Waals surface area contributed by atoms with Crippen LogP contribution in [0.15, 0.2) is 49.2 Å². The number of nitrogens with one attached hydrogen (secondary N) is 2. The summed E-state index contributed by atoms with van der Waals surface area (Å²) in [5.41, 5.74) is 8.79. The van der Waals surface area contributed by atoms with E-state index in [-0.39, 0.29) is 11.3 Å². The number of nitrogen functional groups attached to an aromatic ring is 1. The fourth-order valence-electron chi connectivity index (χ4n) is 2.32. The molecule has 0 unspecified atom stereocenters. The molecule has 0 radical (unpaired) electrons. The van der Waals surface area contributed by atoms with E-state index in [9.17, 15) is 8.78 Å². The van der Waals surface area contributed by atoms with E-state index >= 15 is 0 Å². The summed E-state index contributed by atoms with van der Waals surface area (Å²) in [6.07, 6.45) is 0. The highest BCUT2D eigenvalue weighted by atomic mass is 19.1. The summed E-state index contributed by atoms with van der Waals surface area (Å²) in [4.78, 5) is 0. The third-order valence-corrected chi connectivity index (χ3v) is 3.69. The van der Waals surface area contributed by atoms with Gasteiger partial charge in [-0.3, -0.25) is 0 Å². The number of hydrogen-bond donors (Lipinski definition) is 3. The van der Waals surface area contributed by atoms with Gasteiger partial charge in [0, 0.05) is 31.0 Å². The van der Waals surface area contributed by atoms with Crippen molar-refractivity contribution >= 4 is 16.9 Å². The highest BCUT2D eigenvalue weighted by Crippen LogP contribution is 2.34. The van der Waals surface area contributed by atoms with Crippen LogP contribution in [-0.2, 0) is 0 Å². The van der Waals surface area contributed by atoms with Gasteiger partial charge >= 0.3 is 0 Å². The minimum Gasteiger partial charge on any atom is -0.398 e. The quantitative estimate of drug-likeness (QED) is 0.577. The van der Waals surface area contributed by atoms with Crippen molar-refractivity contribution in [3.63, 3.8) is 0 Å². The van der Waals surface area contributed by atoms with Gasteiger partial charge in [-0.1, -0.05) is 25.3 Å². The predicted octanol–water partition coefficient (Wildman–Crippen LogP) is 4.00. The van der Waals surface area contributed by atoms with Crippen molar-refractivity contribution in [3.8, 4) is 11.1 Å². The predicted molar refractivity (Wildman–Crippen MR) is 93.0 cm³/mol. The molecule has 2 aromatic rings. The van der Waals surface area contributed by atoms with Crippen molar-refractivity contribution in [2.24, 2.45) is 0 Å². The first-order valence-corrected chi connectivity index (χ1v) is 7.02. The van der Waals surface area contributed by atoms with Crippen molar-refractivity contribution in [2.75, 3.05) is 25.1 Å². The van der Waals surface area contributed by atoms with Gasteiger partial charge < -0.3 is 16.4 Å². The lowest BCUT2D eigenvalue weighted by atomic mass is 9.97. The molecule has 2 rings (SSSR count). The van der Waals surface area contributed by atoms with Crippen LogP contribution in [0.2, 0.25) is 0 Å². The number of likely N-dealkylation sites (N-methyl/N-ethyl adjacent to an activating group) is 1. The molecule has 0 atom stereocenters. The summed E-state index contributed by atoms with van der Waals surface area (Å²) in [5, 5.41) is 5.58. The maximum absolute atomic E-state index is 14.4. The molecule has 0 aliphatic rings. The number of benzene rings is 2. The first kappa shape index (κ1) is 16.5. The van der Waals surface area contributed by atoms with Crippen LogP contribution < -0.4 is 16.4 Å². The minimum atomic E-state index is -0.655. The Labute approximate surface area is 134 Å². The summed E-state index contributed by atoms with van der Waals surface area (Å²) in [6, 6.07) is 7.40. The molecule has 4 N–H and O–H groups in total. The maximum atomic E-state index is 14.4. The Balaban J connectivity index is 2.54. The Morgan fingerprint density at radius 2 is 1.78 bits per heavy atom. The lowest BCUT2D eigenvalue weighted by molar-refractivity contribution is 0.592. The van der Waals surface area contributed by atoms with Crippen LogP contribution in [0.5, 0.6) is 0 Å². The molecule has 0 heterocycles. The highest BCUT2D eigenvalue weighted by molar-refractivity contribution is 5.85. The molecule has 2 aromatic carbocycles. The zero-order valence-electron chi connectivity index (χ0n) is 13.1. The second-order valence-corrected chi connectivity index (χ2v) is 5.04. The third-order valence-electron chi connectivity index (χ3n) is 3.69. The molecule has 5 heteroatoms. The van der Waals surface area contributed by atoms with Crippen LogP contribution in [0.1, 0.15) is 5.56 Å². The van der Waals surface area contributed by atoms with Gasteiger partial charge in [-0.05, 0) is 29.3 Å². The SMILES string of the molecule is C=C(NC)C(=C)c1ccc(-c2c(F)ccc(NC)c2F)cc1N. The molecular weight excluding hydrogens is 296 g/mol. The summed E-state index contributed by atoms with van der Waals surface area (Å²) in [7, 11) is 3.30. The third kappa shape index (κ3) is 3.04. The first-order chi connectivity index (χ1) is 10.9. The van der Waals surface area contributed by atoms with Crippen LogP contribution in [0.25, 0.3) is 16.7 Å². The topological polar surface area (TPSA) is 50.1 Å². The van der Waals surface area contributed by atoms with Crippen molar-refractivity contribution in [3.05, 3.63) is 66.4 Å². The molecule has 0 aliphatic heterocycles. The molecular formula is C18H19F2N3. The smallest absolute Gasteiger partial charge is 0.157 e. The van der Waals surface area contributed by atoms with E-state index in [0.717, 1.165) is 0 Å². The second-order valence-electron chi connectivity index (χ2n) is 5.04. The minimum absolute atomic E-state index is 0.117. The van der Waals surface area contributed by atoms with Crippen LogP contribution in [0.4, 0.5) is 20.2 Å². The summed E-state index contributed by atoms with van der Waals surface area (Å²) < 4.78 is 28.5. The van der Waals surface area contributed by atoms with E-state index in [4.69, 9.17) is 5.73 Å². The van der Waals surface area contributed by atoms with E-state index in [1.807, 2.05) is 0 Å². The fourth-order valence-corrected chi connectivity index (χ4v) is 2.32. The summed E-state index contributed by atoms with van der Waals surface area (Å²) in [6.45, 7) is 7.75. The molecule has 0 amide bonds. The van der Waals surface area contributed by atoms with Gasteiger partial charge in [-0.15, -0.1) is 0 Å². The van der Waals surface area contributed by atoms with Gasteiger partial charge in [0.2, 0.25) is 0 Å². The van der Waals surface area contributed by atoms with E-state index < -0.39 is 11.6 Å². The molecule has 120 valence electrons. The molecule has 3 nitrogen and oxygen atoms in total. The van der Waals surface area contributed by atoms with E-state index in [1.165, 1.54) is 18.2 Å². The monoisotopic (exact) mass is 315 g/mol. The van der Waals surface area contributed by atoms with Gasteiger partial charge in [0.05, 0.1) is 11.3 Å². The Bertz CT molecular complexity index is 782. The van der Waals surface area contributed by atoms with E-state index in [1.54, 1.807) is 26.2 Å². The Morgan fingerprint density at radius 1 is 1.09 bits per heavy atom. The standard InChI is InChI=1S/C18H19F2N3/c1-10(11(2)22-3)13-6-5-12(9-15(13)21)17-14(19)7-8-16(23-4)18(17)20/h5-9,22-23H,1-2,21H2,3-4H3. The van der Waals surface area contributed by atoms with Crippen molar-refractivity contribution < 1.29 is 8.78 Å².